The van der Waals surface area contributed by atoms with Crippen LogP contribution in [0.5, 0.6) is 0 Å². The van der Waals surface area contributed by atoms with Crippen molar-refractivity contribution >= 4 is 21.2 Å². The van der Waals surface area contributed by atoms with Gasteiger partial charge in [-0.25, -0.2) is 0 Å². The largest absolute Gasteiger partial charge is 0.481 e. The summed E-state index contributed by atoms with van der Waals surface area (Å²) in [5.41, 5.74) is -0.713. The number of Topliss-reactive ketones (excluding diaryl/α,β-unsaturated/α-hetero) is 1. The second kappa shape index (κ2) is 6.19. The molecule has 1 N–H and O–H groups in total. The highest BCUT2D eigenvalue weighted by atomic mass is 31.0. The van der Waals surface area contributed by atoms with E-state index >= 15 is 0 Å². The smallest absolute Gasteiger partial charge is 0.306 e. The molecule has 0 rings (SSSR count). The fourth-order valence-corrected chi connectivity index (χ4v) is 1.99. The van der Waals surface area contributed by atoms with E-state index in [4.69, 9.17) is 9.63 Å². The number of carboxylic acids is 1. The lowest BCUT2D eigenvalue weighted by molar-refractivity contribution is -0.143. The molecule has 5 heteroatoms. The van der Waals surface area contributed by atoms with Gasteiger partial charge in [0.1, 0.15) is 5.78 Å². The van der Waals surface area contributed by atoms with Gasteiger partial charge in [0.25, 0.3) is 0 Å². The monoisotopic (exact) mass is 234 g/mol. The number of rotatable bonds is 7. The first-order valence-electron chi connectivity index (χ1n) is 5.03. The Labute approximate surface area is 92.7 Å². The van der Waals surface area contributed by atoms with E-state index in [9.17, 15) is 9.59 Å². The molecule has 0 heterocycles. The quantitative estimate of drug-likeness (QED) is 0.684. The summed E-state index contributed by atoms with van der Waals surface area (Å²) < 4.78 is 5.06. The van der Waals surface area contributed by atoms with Crippen LogP contribution in [0.4, 0.5) is 0 Å². The Balaban J connectivity index is 4.87. The molecule has 0 saturated carbocycles. The van der Waals surface area contributed by atoms with Crippen molar-refractivity contribution in [1.29, 1.82) is 0 Å². The van der Waals surface area contributed by atoms with Gasteiger partial charge < -0.3 is 9.63 Å². The lowest BCUT2D eigenvalue weighted by atomic mass is 9.75. The van der Waals surface area contributed by atoms with Gasteiger partial charge in [-0.05, 0) is 6.42 Å². The molecule has 0 saturated heterocycles. The zero-order valence-corrected chi connectivity index (χ0v) is 10.6. The van der Waals surface area contributed by atoms with E-state index in [0.29, 0.717) is 12.8 Å². The highest BCUT2D eigenvalue weighted by molar-refractivity contribution is 7.09. The van der Waals surface area contributed by atoms with Crippen molar-refractivity contribution in [2.24, 2.45) is 5.41 Å². The number of aliphatic carboxylic acids is 1. The first-order chi connectivity index (χ1) is 6.92. The van der Waals surface area contributed by atoms with Gasteiger partial charge in [-0.15, -0.1) is 0 Å². The summed E-state index contributed by atoms with van der Waals surface area (Å²) in [5, 5.41) is 8.73. The van der Waals surface area contributed by atoms with E-state index in [0.717, 1.165) is 0 Å². The van der Waals surface area contributed by atoms with Crippen LogP contribution in [-0.4, -0.2) is 23.0 Å². The summed E-state index contributed by atoms with van der Waals surface area (Å²) in [4.78, 5) is 22.4. The van der Waals surface area contributed by atoms with Crippen LogP contribution in [0.3, 0.4) is 0 Å². The topological polar surface area (TPSA) is 63.6 Å². The second-order valence-electron chi connectivity index (χ2n) is 3.77. The summed E-state index contributed by atoms with van der Waals surface area (Å²) in [6.45, 7) is 5.40. The van der Waals surface area contributed by atoms with Crippen molar-refractivity contribution in [1.82, 2.24) is 0 Å². The van der Waals surface area contributed by atoms with Gasteiger partial charge >= 0.3 is 5.97 Å². The van der Waals surface area contributed by atoms with Crippen LogP contribution < -0.4 is 0 Å². The number of ketones is 1. The molecule has 0 aliphatic carbocycles. The highest BCUT2D eigenvalue weighted by Gasteiger charge is 2.39. The van der Waals surface area contributed by atoms with Crippen LogP contribution in [-0.2, 0) is 14.1 Å². The van der Waals surface area contributed by atoms with Crippen LogP contribution in [0.1, 0.15) is 40.0 Å². The fourth-order valence-electron chi connectivity index (χ4n) is 1.59. The molecular formula is C10H19O4P. The SMILES string of the molecule is CCC(=O)[C@](C)(CC)[C@H](CC(=O)O)OP. The van der Waals surface area contributed by atoms with Crippen LogP contribution in [0.2, 0.25) is 0 Å². The Bertz CT molecular complexity index is 242. The number of hydrogen-bond donors (Lipinski definition) is 1. The molecule has 0 bridgehead atoms. The molecule has 0 spiro atoms. The van der Waals surface area contributed by atoms with Gasteiger partial charge in [-0.2, -0.15) is 0 Å². The molecule has 3 atom stereocenters. The Morgan fingerprint density at radius 3 is 2.27 bits per heavy atom. The maximum Gasteiger partial charge on any atom is 0.306 e. The van der Waals surface area contributed by atoms with Crippen molar-refractivity contribution in [3.8, 4) is 0 Å². The third-order valence-corrected chi connectivity index (χ3v) is 3.26. The second-order valence-corrected chi connectivity index (χ2v) is 4.04. The Morgan fingerprint density at radius 2 is 2.00 bits per heavy atom. The van der Waals surface area contributed by atoms with Gasteiger partial charge in [0.15, 0.2) is 0 Å². The average molecular weight is 234 g/mol. The lowest BCUT2D eigenvalue weighted by Crippen LogP contribution is -2.40. The predicted octanol–water partition coefficient (Wildman–Crippen LogP) is 2.03. The van der Waals surface area contributed by atoms with E-state index in [2.05, 4.69) is 9.47 Å². The molecular weight excluding hydrogens is 215 g/mol. The maximum atomic E-state index is 11.8. The molecule has 15 heavy (non-hydrogen) atoms. The lowest BCUT2D eigenvalue weighted by Gasteiger charge is -2.33. The zero-order chi connectivity index (χ0) is 12.1. The molecule has 0 amide bonds. The van der Waals surface area contributed by atoms with Gasteiger partial charge in [-0.3, -0.25) is 9.59 Å². The summed E-state index contributed by atoms with van der Waals surface area (Å²) in [6.07, 6.45) is 0.234. The zero-order valence-electron chi connectivity index (χ0n) is 9.45. The average Bonchev–Trinajstić information content (AvgIpc) is 2.23. The van der Waals surface area contributed by atoms with Gasteiger partial charge in [0.05, 0.1) is 17.9 Å². The van der Waals surface area contributed by atoms with Crippen molar-refractivity contribution < 1.29 is 19.2 Å². The number of carbonyl (C=O) groups is 2. The molecule has 88 valence electrons. The standard InChI is InChI=1S/C10H19O4P/c1-4-7(11)10(3,5-2)8(14-15)6-9(12)13/h8H,4-6,15H2,1-3H3,(H,12,13)/t8-,10-/m0/s1. The molecule has 0 aromatic heterocycles. The van der Waals surface area contributed by atoms with E-state index < -0.39 is 17.5 Å². The van der Waals surface area contributed by atoms with Crippen molar-refractivity contribution in [3.05, 3.63) is 0 Å². The summed E-state index contributed by atoms with van der Waals surface area (Å²) >= 11 is 0. The molecule has 0 aliphatic heterocycles. The number of carbonyl (C=O) groups excluding carboxylic acids is 1. The summed E-state index contributed by atoms with van der Waals surface area (Å²) in [5.74, 6) is -0.912. The van der Waals surface area contributed by atoms with E-state index in [-0.39, 0.29) is 12.2 Å². The third-order valence-electron chi connectivity index (χ3n) is 2.93. The first-order valence-corrected chi connectivity index (χ1v) is 5.50. The minimum Gasteiger partial charge on any atom is -0.481 e. The number of hydrogen-bond acceptors (Lipinski definition) is 3. The molecule has 0 aromatic rings. The van der Waals surface area contributed by atoms with Crippen LogP contribution in [0.15, 0.2) is 0 Å². The molecule has 0 radical (unpaired) electrons. The third kappa shape index (κ3) is 3.54. The highest BCUT2D eigenvalue weighted by Crippen LogP contribution is 2.33. The molecule has 0 aromatic carbocycles. The Hall–Kier alpha value is -0.470. The van der Waals surface area contributed by atoms with Crippen molar-refractivity contribution in [2.75, 3.05) is 0 Å². The molecule has 0 aliphatic rings. The summed E-state index contributed by atoms with van der Waals surface area (Å²) in [6, 6.07) is 0. The van der Waals surface area contributed by atoms with E-state index in [1.54, 1.807) is 13.8 Å². The molecule has 4 nitrogen and oxygen atoms in total. The summed E-state index contributed by atoms with van der Waals surface area (Å²) in [7, 11) is 2.05. The first kappa shape index (κ1) is 14.5. The minimum absolute atomic E-state index is 0.0405. The van der Waals surface area contributed by atoms with Crippen LogP contribution >= 0.6 is 9.47 Å². The molecule has 0 fully saturated rings. The van der Waals surface area contributed by atoms with Gasteiger partial charge in [0.2, 0.25) is 0 Å². The van der Waals surface area contributed by atoms with E-state index in [1.165, 1.54) is 0 Å². The minimum atomic E-state index is -0.953. The predicted molar refractivity (Wildman–Crippen MR) is 60.5 cm³/mol. The van der Waals surface area contributed by atoms with Gasteiger partial charge in [-0.1, -0.05) is 20.8 Å². The Kier molecular flexibility index (Phi) is 5.99. The van der Waals surface area contributed by atoms with Crippen molar-refractivity contribution in [3.63, 3.8) is 0 Å². The van der Waals surface area contributed by atoms with Gasteiger partial charge in [0, 0.05) is 15.9 Å². The van der Waals surface area contributed by atoms with Crippen LogP contribution in [0, 0.1) is 5.41 Å². The van der Waals surface area contributed by atoms with Crippen molar-refractivity contribution in [2.45, 2.75) is 46.1 Å². The number of carboxylic acid groups (broad SMARTS) is 1. The van der Waals surface area contributed by atoms with Crippen LogP contribution in [0.25, 0.3) is 0 Å². The molecule has 1 unspecified atom stereocenters. The maximum absolute atomic E-state index is 11.8. The van der Waals surface area contributed by atoms with E-state index in [1.807, 2.05) is 6.92 Å². The fraction of sp³-hybridized carbons (Fsp3) is 0.800. The Morgan fingerprint density at radius 1 is 1.47 bits per heavy atom. The normalized spacial score (nSPS) is 16.8.